The fourth-order valence-electron chi connectivity index (χ4n) is 3.65. The van der Waals surface area contributed by atoms with Gasteiger partial charge in [-0.1, -0.05) is 30.3 Å². The number of aromatic hydroxyl groups is 1. The maximum Gasteiger partial charge on any atom is 0.229 e. The number of benzene rings is 2. The molecule has 1 saturated heterocycles. The number of ketones is 1. The van der Waals surface area contributed by atoms with Crippen LogP contribution in [0.4, 0.5) is 0 Å². The van der Waals surface area contributed by atoms with Crippen LogP contribution in [0.2, 0.25) is 0 Å². The summed E-state index contributed by atoms with van der Waals surface area (Å²) in [4.78, 5) is 12.9. The Morgan fingerprint density at radius 2 is 1.77 bits per heavy atom. The van der Waals surface area contributed by atoms with Crippen molar-refractivity contribution in [1.29, 1.82) is 0 Å². The van der Waals surface area contributed by atoms with Gasteiger partial charge in [-0.25, -0.2) is 0 Å². The summed E-state index contributed by atoms with van der Waals surface area (Å²) < 4.78 is 16.8. The zero-order valence-corrected chi connectivity index (χ0v) is 15.8. The standard InChI is InChI=1S/C21H22O9/c22-9-16-18(25)19(26)20(27)21(30-16)29-15-7-11(23)6-14-17(15)12(24)8-13(28-14)10-4-2-1-3-5-10/h1-7,13,16,18-23,25-27H,8-9H2/t13-,16-,18+,19-,20+,21+/m1/s1. The van der Waals surface area contributed by atoms with Crippen LogP contribution >= 0.6 is 0 Å². The molecule has 9 heteroatoms. The number of hydrogen-bond donors (Lipinski definition) is 5. The molecule has 5 N–H and O–H groups in total. The molecule has 2 aliphatic rings. The van der Waals surface area contributed by atoms with Crippen LogP contribution in [0, 0.1) is 0 Å². The first-order valence-corrected chi connectivity index (χ1v) is 9.48. The van der Waals surface area contributed by atoms with E-state index in [1.165, 1.54) is 12.1 Å². The lowest BCUT2D eigenvalue weighted by atomic mass is 9.95. The van der Waals surface area contributed by atoms with Crippen LogP contribution in [0.25, 0.3) is 0 Å². The molecule has 160 valence electrons. The Bertz CT molecular complexity index is 914. The third-order valence-electron chi connectivity index (χ3n) is 5.23. The number of Topliss-reactive ketones (excluding diaryl/α,β-unsaturated/α-hetero) is 1. The number of phenolic OH excluding ortho intramolecular Hbond substituents is 1. The first-order valence-electron chi connectivity index (χ1n) is 9.48. The fourth-order valence-corrected chi connectivity index (χ4v) is 3.65. The molecule has 6 atom stereocenters. The first-order chi connectivity index (χ1) is 14.4. The number of fused-ring (bicyclic) bond motifs is 1. The summed E-state index contributed by atoms with van der Waals surface area (Å²) in [6, 6.07) is 11.6. The summed E-state index contributed by atoms with van der Waals surface area (Å²) in [6.45, 7) is -0.621. The van der Waals surface area contributed by atoms with Crippen molar-refractivity contribution in [2.75, 3.05) is 6.61 Å². The SMILES string of the molecule is O=C1C[C@H](c2ccccc2)Oc2cc(O)cc(O[C@H]3O[C@H](CO)[C@H](O)[C@@H](O)[C@@H]3O)c21. The molecule has 2 aromatic rings. The van der Waals surface area contributed by atoms with E-state index in [9.17, 15) is 30.3 Å². The van der Waals surface area contributed by atoms with E-state index in [4.69, 9.17) is 14.2 Å². The van der Waals surface area contributed by atoms with Gasteiger partial charge >= 0.3 is 0 Å². The Kier molecular flexibility index (Phi) is 5.63. The number of carbonyl (C=O) groups excluding carboxylic acids is 1. The van der Waals surface area contributed by atoms with Crippen molar-refractivity contribution in [2.45, 2.75) is 43.2 Å². The molecule has 0 unspecified atom stereocenters. The van der Waals surface area contributed by atoms with Gasteiger partial charge in [0.15, 0.2) is 5.78 Å². The number of aliphatic hydroxyl groups excluding tert-OH is 4. The summed E-state index contributed by atoms with van der Waals surface area (Å²) in [5, 5.41) is 49.4. The van der Waals surface area contributed by atoms with Crippen molar-refractivity contribution in [3.05, 3.63) is 53.6 Å². The average molecular weight is 418 g/mol. The van der Waals surface area contributed by atoms with Crippen molar-refractivity contribution < 1.29 is 44.5 Å². The summed E-state index contributed by atoms with van der Waals surface area (Å²) in [6.07, 6.45) is -8.00. The van der Waals surface area contributed by atoms with E-state index in [1.54, 1.807) is 0 Å². The highest BCUT2D eigenvalue weighted by Gasteiger charge is 2.45. The largest absolute Gasteiger partial charge is 0.508 e. The van der Waals surface area contributed by atoms with Crippen molar-refractivity contribution in [3.63, 3.8) is 0 Å². The Labute approximate surface area is 171 Å². The van der Waals surface area contributed by atoms with Gasteiger partial charge in [0.1, 0.15) is 53.3 Å². The molecule has 2 heterocycles. The van der Waals surface area contributed by atoms with Crippen molar-refractivity contribution >= 4 is 5.78 Å². The molecular formula is C21H22O9. The molecular weight excluding hydrogens is 396 g/mol. The molecule has 9 nitrogen and oxygen atoms in total. The lowest BCUT2D eigenvalue weighted by Crippen LogP contribution is -2.60. The number of phenols is 1. The van der Waals surface area contributed by atoms with Gasteiger partial charge in [-0.15, -0.1) is 0 Å². The predicted molar refractivity (Wildman–Crippen MR) is 101 cm³/mol. The smallest absolute Gasteiger partial charge is 0.229 e. The summed E-state index contributed by atoms with van der Waals surface area (Å²) >= 11 is 0. The Morgan fingerprint density at radius 3 is 2.47 bits per heavy atom. The molecule has 0 spiro atoms. The van der Waals surface area contributed by atoms with Gasteiger partial charge in [0.2, 0.25) is 6.29 Å². The minimum absolute atomic E-state index is 0.0346. The van der Waals surface area contributed by atoms with Crippen LogP contribution in [0.5, 0.6) is 17.2 Å². The highest BCUT2D eigenvalue weighted by atomic mass is 16.7. The van der Waals surface area contributed by atoms with E-state index in [-0.39, 0.29) is 35.0 Å². The fraction of sp³-hybridized carbons (Fsp3) is 0.381. The Hall–Kier alpha value is -2.69. The van der Waals surface area contributed by atoms with Gasteiger partial charge in [0.05, 0.1) is 13.0 Å². The Balaban J connectivity index is 1.63. The highest BCUT2D eigenvalue weighted by molar-refractivity contribution is 6.02. The molecule has 0 aromatic heterocycles. The molecule has 0 radical (unpaired) electrons. The van der Waals surface area contributed by atoms with Gasteiger partial charge < -0.3 is 39.7 Å². The lowest BCUT2D eigenvalue weighted by Gasteiger charge is -2.40. The second-order valence-electron chi connectivity index (χ2n) is 7.28. The molecule has 0 aliphatic carbocycles. The highest BCUT2D eigenvalue weighted by Crippen LogP contribution is 2.43. The van der Waals surface area contributed by atoms with E-state index < -0.39 is 43.4 Å². The van der Waals surface area contributed by atoms with Crippen LogP contribution in [0.1, 0.15) is 28.4 Å². The van der Waals surface area contributed by atoms with Crippen LogP contribution in [-0.2, 0) is 4.74 Å². The first kappa shape index (κ1) is 20.6. The molecule has 2 aliphatic heterocycles. The molecule has 0 amide bonds. The van der Waals surface area contributed by atoms with E-state index in [2.05, 4.69) is 0 Å². The molecule has 30 heavy (non-hydrogen) atoms. The quantitative estimate of drug-likeness (QED) is 0.472. The lowest BCUT2D eigenvalue weighted by molar-refractivity contribution is -0.277. The topological polar surface area (TPSA) is 146 Å². The predicted octanol–water partition coefficient (Wildman–Crippen LogP) is 0.277. The maximum absolute atomic E-state index is 12.9. The van der Waals surface area contributed by atoms with Gasteiger partial charge in [0, 0.05) is 12.1 Å². The molecule has 4 rings (SSSR count). The maximum atomic E-state index is 12.9. The molecule has 1 fully saturated rings. The van der Waals surface area contributed by atoms with Crippen molar-refractivity contribution in [1.82, 2.24) is 0 Å². The van der Waals surface area contributed by atoms with Crippen LogP contribution < -0.4 is 9.47 Å². The van der Waals surface area contributed by atoms with Crippen LogP contribution in [0.15, 0.2) is 42.5 Å². The minimum atomic E-state index is -1.66. The van der Waals surface area contributed by atoms with Gasteiger partial charge in [-0.3, -0.25) is 4.79 Å². The normalized spacial score (nSPS) is 31.0. The number of carbonyl (C=O) groups is 1. The number of aliphatic hydroxyl groups is 4. The van der Waals surface area contributed by atoms with E-state index >= 15 is 0 Å². The average Bonchev–Trinajstić information content (AvgIpc) is 2.74. The second-order valence-corrected chi connectivity index (χ2v) is 7.28. The number of rotatable bonds is 4. The van der Waals surface area contributed by atoms with Crippen molar-refractivity contribution in [2.24, 2.45) is 0 Å². The molecule has 0 saturated carbocycles. The van der Waals surface area contributed by atoms with Gasteiger partial charge in [0.25, 0.3) is 0 Å². The molecule has 2 aromatic carbocycles. The minimum Gasteiger partial charge on any atom is -0.508 e. The number of ether oxygens (including phenoxy) is 3. The summed E-state index contributed by atoms with van der Waals surface area (Å²) in [5.41, 5.74) is 0.869. The zero-order valence-electron chi connectivity index (χ0n) is 15.8. The third kappa shape index (κ3) is 3.73. The monoisotopic (exact) mass is 418 g/mol. The third-order valence-corrected chi connectivity index (χ3v) is 5.23. The zero-order chi connectivity index (χ0) is 21.4. The summed E-state index contributed by atoms with van der Waals surface area (Å²) in [7, 11) is 0. The second kappa shape index (κ2) is 8.21. The number of hydrogen-bond acceptors (Lipinski definition) is 9. The van der Waals surface area contributed by atoms with E-state index in [0.717, 1.165) is 5.56 Å². The molecule has 0 bridgehead atoms. The van der Waals surface area contributed by atoms with Crippen LogP contribution in [0.3, 0.4) is 0 Å². The summed E-state index contributed by atoms with van der Waals surface area (Å²) in [5.74, 6) is -0.537. The van der Waals surface area contributed by atoms with Gasteiger partial charge in [-0.05, 0) is 5.56 Å². The van der Waals surface area contributed by atoms with Crippen LogP contribution in [-0.4, -0.2) is 68.6 Å². The van der Waals surface area contributed by atoms with E-state index in [0.29, 0.717) is 0 Å². The van der Waals surface area contributed by atoms with Gasteiger partial charge in [-0.2, -0.15) is 0 Å². The van der Waals surface area contributed by atoms with E-state index in [1.807, 2.05) is 30.3 Å². The van der Waals surface area contributed by atoms with Crippen molar-refractivity contribution in [3.8, 4) is 17.2 Å². The Morgan fingerprint density at radius 1 is 1.03 bits per heavy atom.